The van der Waals surface area contributed by atoms with Crippen molar-refractivity contribution in [3.8, 4) is 11.1 Å². The van der Waals surface area contributed by atoms with Gasteiger partial charge in [0.1, 0.15) is 5.82 Å². The summed E-state index contributed by atoms with van der Waals surface area (Å²) in [5.74, 6) is -0.592. The highest BCUT2D eigenvalue weighted by atomic mass is 19.4. The van der Waals surface area contributed by atoms with E-state index in [2.05, 4.69) is 0 Å². The van der Waals surface area contributed by atoms with Crippen molar-refractivity contribution >= 4 is 5.69 Å². The highest BCUT2D eigenvalue weighted by Gasteiger charge is 2.30. The molecule has 94 valence electrons. The van der Waals surface area contributed by atoms with Crippen molar-refractivity contribution < 1.29 is 17.6 Å². The molecular weight excluding hydrogens is 246 g/mol. The Morgan fingerprint density at radius 2 is 1.56 bits per heavy atom. The lowest BCUT2D eigenvalue weighted by Gasteiger charge is -2.09. The molecule has 1 nitrogen and oxygen atoms in total. The zero-order chi connectivity index (χ0) is 13.3. The third-order valence-electron chi connectivity index (χ3n) is 2.52. The van der Waals surface area contributed by atoms with Gasteiger partial charge in [0.15, 0.2) is 0 Å². The molecular formula is C13H9F4N. The van der Waals surface area contributed by atoms with Gasteiger partial charge in [-0.3, -0.25) is 0 Å². The number of nitrogens with two attached hydrogens (primary N) is 1. The number of halogens is 4. The van der Waals surface area contributed by atoms with Crippen LogP contribution in [-0.2, 0) is 6.18 Å². The second-order valence-electron chi connectivity index (χ2n) is 3.81. The summed E-state index contributed by atoms with van der Waals surface area (Å²) in [4.78, 5) is 0. The van der Waals surface area contributed by atoms with E-state index in [0.29, 0.717) is 11.1 Å². The fourth-order valence-corrected chi connectivity index (χ4v) is 1.60. The maximum Gasteiger partial charge on any atom is 0.416 e. The number of nitrogen functional groups attached to an aromatic ring is 1. The van der Waals surface area contributed by atoms with E-state index in [4.69, 9.17) is 5.73 Å². The van der Waals surface area contributed by atoms with Crippen molar-refractivity contribution in [3.63, 3.8) is 0 Å². The third kappa shape index (κ3) is 2.45. The molecule has 0 aliphatic heterocycles. The van der Waals surface area contributed by atoms with Crippen LogP contribution in [0.25, 0.3) is 11.1 Å². The van der Waals surface area contributed by atoms with Crippen LogP contribution in [0.3, 0.4) is 0 Å². The van der Waals surface area contributed by atoms with E-state index < -0.39 is 17.6 Å². The van der Waals surface area contributed by atoms with Crippen molar-refractivity contribution in [2.24, 2.45) is 0 Å². The summed E-state index contributed by atoms with van der Waals surface area (Å²) in [6, 6.07) is 8.64. The topological polar surface area (TPSA) is 26.0 Å². The number of benzene rings is 2. The molecule has 5 heteroatoms. The van der Waals surface area contributed by atoms with Gasteiger partial charge in [0.2, 0.25) is 0 Å². The molecule has 0 aliphatic rings. The van der Waals surface area contributed by atoms with Crippen LogP contribution in [-0.4, -0.2) is 0 Å². The fraction of sp³-hybridized carbons (Fsp3) is 0.0769. The largest absolute Gasteiger partial charge is 0.416 e. The van der Waals surface area contributed by atoms with Gasteiger partial charge in [-0.15, -0.1) is 0 Å². The van der Waals surface area contributed by atoms with Gasteiger partial charge in [0, 0.05) is 0 Å². The number of hydrogen-bond donors (Lipinski definition) is 1. The predicted molar refractivity (Wildman–Crippen MR) is 61.3 cm³/mol. The molecule has 0 bridgehead atoms. The first kappa shape index (κ1) is 12.4. The minimum atomic E-state index is -4.40. The van der Waals surface area contributed by atoms with E-state index in [9.17, 15) is 17.6 Å². The summed E-state index contributed by atoms with van der Waals surface area (Å²) in [5.41, 5.74) is 5.33. The molecule has 18 heavy (non-hydrogen) atoms. The molecule has 2 aromatic carbocycles. The number of rotatable bonds is 1. The molecule has 0 fully saturated rings. The second-order valence-corrected chi connectivity index (χ2v) is 3.81. The molecule has 2 N–H and O–H groups in total. The molecule has 0 saturated carbocycles. The minimum absolute atomic E-state index is 0.0927. The quantitative estimate of drug-likeness (QED) is 0.602. The van der Waals surface area contributed by atoms with Crippen LogP contribution in [0, 0.1) is 5.82 Å². The van der Waals surface area contributed by atoms with Gasteiger partial charge in [-0.25, -0.2) is 4.39 Å². The average molecular weight is 255 g/mol. The Bertz CT molecular complexity index is 575. The lowest BCUT2D eigenvalue weighted by molar-refractivity contribution is -0.137. The average Bonchev–Trinajstić information content (AvgIpc) is 2.32. The van der Waals surface area contributed by atoms with E-state index in [1.165, 1.54) is 24.3 Å². The highest BCUT2D eigenvalue weighted by molar-refractivity contribution is 5.68. The Labute approximate surface area is 101 Å². The van der Waals surface area contributed by atoms with Crippen molar-refractivity contribution in [1.29, 1.82) is 0 Å². The van der Waals surface area contributed by atoms with Crippen molar-refractivity contribution in [2.45, 2.75) is 6.18 Å². The van der Waals surface area contributed by atoms with E-state index in [0.717, 1.165) is 18.2 Å². The molecule has 0 atom stereocenters. The van der Waals surface area contributed by atoms with Crippen molar-refractivity contribution in [2.75, 3.05) is 5.73 Å². The van der Waals surface area contributed by atoms with E-state index in [-0.39, 0.29) is 5.69 Å². The van der Waals surface area contributed by atoms with Crippen molar-refractivity contribution in [1.82, 2.24) is 0 Å². The standard InChI is InChI=1S/C13H9F4N/c14-11-5-4-9(7-12(11)18)8-2-1-3-10(6-8)13(15,16)17/h1-7H,18H2. The summed E-state index contributed by atoms with van der Waals surface area (Å²) in [6.45, 7) is 0. The monoisotopic (exact) mass is 255 g/mol. The van der Waals surface area contributed by atoms with Crippen LogP contribution in [0.5, 0.6) is 0 Å². The van der Waals surface area contributed by atoms with Crippen molar-refractivity contribution in [3.05, 3.63) is 53.8 Å². The first-order valence-electron chi connectivity index (χ1n) is 5.10. The van der Waals surface area contributed by atoms with Crippen LogP contribution in [0.15, 0.2) is 42.5 Å². The van der Waals surface area contributed by atoms with Gasteiger partial charge in [-0.05, 0) is 35.4 Å². The Morgan fingerprint density at radius 1 is 0.889 bits per heavy atom. The smallest absolute Gasteiger partial charge is 0.396 e. The molecule has 0 saturated heterocycles. The SMILES string of the molecule is Nc1cc(-c2cccc(C(F)(F)F)c2)ccc1F. The summed E-state index contributed by atoms with van der Waals surface area (Å²) in [7, 11) is 0. The zero-order valence-electron chi connectivity index (χ0n) is 9.13. The number of hydrogen-bond acceptors (Lipinski definition) is 1. The van der Waals surface area contributed by atoms with Crippen LogP contribution >= 0.6 is 0 Å². The third-order valence-corrected chi connectivity index (χ3v) is 2.52. The Hall–Kier alpha value is -2.04. The molecule has 0 aliphatic carbocycles. The molecule has 0 spiro atoms. The lowest BCUT2D eigenvalue weighted by Crippen LogP contribution is -2.04. The zero-order valence-corrected chi connectivity index (χ0v) is 9.13. The Kier molecular flexibility index (Phi) is 2.98. The maximum absolute atomic E-state index is 13.0. The van der Waals surface area contributed by atoms with Crippen LogP contribution in [0.4, 0.5) is 23.2 Å². The summed E-state index contributed by atoms with van der Waals surface area (Å²) >= 11 is 0. The maximum atomic E-state index is 13.0. The highest BCUT2D eigenvalue weighted by Crippen LogP contribution is 2.32. The van der Waals surface area contributed by atoms with Gasteiger partial charge in [0.05, 0.1) is 11.3 Å². The molecule has 0 amide bonds. The van der Waals surface area contributed by atoms with Gasteiger partial charge in [0.25, 0.3) is 0 Å². The molecule has 0 radical (unpaired) electrons. The molecule has 0 heterocycles. The van der Waals surface area contributed by atoms with Gasteiger partial charge < -0.3 is 5.73 Å². The molecule has 0 unspecified atom stereocenters. The van der Waals surface area contributed by atoms with Gasteiger partial charge in [-0.1, -0.05) is 18.2 Å². The van der Waals surface area contributed by atoms with E-state index in [1.807, 2.05) is 0 Å². The molecule has 2 rings (SSSR count). The number of alkyl halides is 3. The van der Waals surface area contributed by atoms with Gasteiger partial charge >= 0.3 is 6.18 Å². The van der Waals surface area contributed by atoms with Crippen LogP contribution in [0.1, 0.15) is 5.56 Å². The Morgan fingerprint density at radius 3 is 2.17 bits per heavy atom. The first-order chi connectivity index (χ1) is 8.38. The summed E-state index contributed by atoms with van der Waals surface area (Å²) in [6.07, 6.45) is -4.40. The minimum Gasteiger partial charge on any atom is -0.396 e. The molecule has 0 aromatic heterocycles. The summed E-state index contributed by atoms with van der Waals surface area (Å²) < 4.78 is 50.6. The van der Waals surface area contributed by atoms with Crippen LogP contribution in [0.2, 0.25) is 0 Å². The molecule has 2 aromatic rings. The number of anilines is 1. The van der Waals surface area contributed by atoms with E-state index in [1.54, 1.807) is 0 Å². The summed E-state index contributed by atoms with van der Waals surface area (Å²) in [5, 5.41) is 0. The Balaban J connectivity index is 2.48. The normalized spacial score (nSPS) is 11.6. The fourth-order valence-electron chi connectivity index (χ4n) is 1.60. The van der Waals surface area contributed by atoms with E-state index >= 15 is 0 Å². The lowest BCUT2D eigenvalue weighted by atomic mass is 10.0. The van der Waals surface area contributed by atoms with Crippen LogP contribution < -0.4 is 5.73 Å². The van der Waals surface area contributed by atoms with Gasteiger partial charge in [-0.2, -0.15) is 13.2 Å². The second kappa shape index (κ2) is 4.33. The first-order valence-corrected chi connectivity index (χ1v) is 5.10. The predicted octanol–water partition coefficient (Wildman–Crippen LogP) is 4.09.